The van der Waals surface area contributed by atoms with E-state index in [0.717, 1.165) is 0 Å². The predicted octanol–water partition coefficient (Wildman–Crippen LogP) is 1.34. The highest BCUT2D eigenvalue weighted by molar-refractivity contribution is 5.77. The van der Waals surface area contributed by atoms with Gasteiger partial charge in [0.2, 0.25) is 0 Å². The van der Waals surface area contributed by atoms with E-state index in [9.17, 15) is 9.18 Å². The standard InChI is InChI=1S/C14H18FN3O2/c1-10(2)18-8-11-4-3-5-12(15)14(11)20-9-13(19)17-7-6-16/h3-5,10,18H,7-9H2,1-2H3,(H,17,19). The van der Waals surface area contributed by atoms with Crippen LogP contribution >= 0.6 is 0 Å². The Kier molecular flexibility index (Phi) is 6.47. The van der Waals surface area contributed by atoms with Crippen molar-refractivity contribution in [2.45, 2.75) is 26.4 Å². The van der Waals surface area contributed by atoms with Crippen molar-refractivity contribution >= 4 is 5.91 Å². The van der Waals surface area contributed by atoms with Gasteiger partial charge in [-0.1, -0.05) is 26.0 Å². The molecule has 0 spiro atoms. The van der Waals surface area contributed by atoms with Gasteiger partial charge in [-0.3, -0.25) is 4.79 Å². The summed E-state index contributed by atoms with van der Waals surface area (Å²) in [7, 11) is 0. The Hall–Kier alpha value is -2.13. The maximum Gasteiger partial charge on any atom is 0.258 e. The zero-order valence-corrected chi connectivity index (χ0v) is 11.6. The highest BCUT2D eigenvalue weighted by atomic mass is 19.1. The molecular formula is C14H18FN3O2. The quantitative estimate of drug-likeness (QED) is 0.739. The molecule has 1 amide bonds. The van der Waals surface area contributed by atoms with Crippen LogP contribution in [0.15, 0.2) is 18.2 Å². The monoisotopic (exact) mass is 279 g/mol. The van der Waals surface area contributed by atoms with Crippen LogP contribution in [0, 0.1) is 17.1 Å². The third-order valence-corrected chi connectivity index (χ3v) is 2.46. The molecular weight excluding hydrogens is 261 g/mol. The zero-order valence-electron chi connectivity index (χ0n) is 11.6. The number of ether oxygens (including phenoxy) is 1. The highest BCUT2D eigenvalue weighted by Crippen LogP contribution is 2.22. The second-order valence-corrected chi connectivity index (χ2v) is 4.49. The third kappa shape index (κ3) is 5.24. The molecule has 1 aromatic rings. The lowest BCUT2D eigenvalue weighted by molar-refractivity contribution is -0.122. The van der Waals surface area contributed by atoms with Gasteiger partial charge in [-0.25, -0.2) is 4.39 Å². The summed E-state index contributed by atoms with van der Waals surface area (Å²) in [5.74, 6) is -0.911. The molecule has 0 unspecified atom stereocenters. The Morgan fingerprint density at radius 1 is 1.50 bits per heavy atom. The Bertz CT molecular complexity index is 498. The van der Waals surface area contributed by atoms with Crippen LogP contribution in [0.5, 0.6) is 5.75 Å². The van der Waals surface area contributed by atoms with Crippen LogP contribution in [0.4, 0.5) is 4.39 Å². The Balaban J connectivity index is 2.68. The van der Waals surface area contributed by atoms with E-state index in [1.54, 1.807) is 18.2 Å². The summed E-state index contributed by atoms with van der Waals surface area (Å²) in [6.45, 7) is 3.99. The van der Waals surface area contributed by atoms with Crippen molar-refractivity contribution in [2.24, 2.45) is 0 Å². The van der Waals surface area contributed by atoms with Crippen molar-refractivity contribution in [3.63, 3.8) is 0 Å². The van der Waals surface area contributed by atoms with Crippen LogP contribution in [0.25, 0.3) is 0 Å². The maximum absolute atomic E-state index is 13.7. The summed E-state index contributed by atoms with van der Waals surface area (Å²) in [5.41, 5.74) is 0.645. The zero-order chi connectivity index (χ0) is 15.0. The smallest absolute Gasteiger partial charge is 0.258 e. The van der Waals surface area contributed by atoms with Crippen LogP contribution in [-0.4, -0.2) is 25.1 Å². The minimum absolute atomic E-state index is 0.0627. The first-order chi connectivity index (χ1) is 9.54. The van der Waals surface area contributed by atoms with Crippen LogP contribution in [0.1, 0.15) is 19.4 Å². The molecule has 108 valence electrons. The summed E-state index contributed by atoms with van der Waals surface area (Å²) in [5, 5.41) is 13.8. The minimum Gasteiger partial charge on any atom is -0.480 e. The van der Waals surface area contributed by atoms with Crippen molar-refractivity contribution in [1.82, 2.24) is 10.6 Å². The molecule has 0 aliphatic carbocycles. The minimum atomic E-state index is -0.513. The lowest BCUT2D eigenvalue weighted by Crippen LogP contribution is -2.29. The van der Waals surface area contributed by atoms with Gasteiger partial charge < -0.3 is 15.4 Å². The summed E-state index contributed by atoms with van der Waals surface area (Å²) in [6.07, 6.45) is 0. The van der Waals surface area contributed by atoms with Gasteiger partial charge in [0.1, 0.15) is 6.54 Å². The van der Waals surface area contributed by atoms with Crippen LogP contribution in [0.3, 0.4) is 0 Å². The first-order valence-corrected chi connectivity index (χ1v) is 6.31. The van der Waals surface area contributed by atoms with E-state index in [2.05, 4.69) is 10.6 Å². The van der Waals surface area contributed by atoms with Gasteiger partial charge in [-0.2, -0.15) is 5.26 Å². The largest absolute Gasteiger partial charge is 0.480 e. The van der Waals surface area contributed by atoms with Gasteiger partial charge in [-0.15, -0.1) is 0 Å². The molecule has 0 saturated heterocycles. The number of amides is 1. The number of nitrogens with one attached hydrogen (secondary N) is 2. The van der Waals surface area contributed by atoms with Gasteiger partial charge in [0, 0.05) is 18.2 Å². The molecule has 2 N–H and O–H groups in total. The predicted molar refractivity (Wildman–Crippen MR) is 72.5 cm³/mol. The fraction of sp³-hybridized carbons (Fsp3) is 0.429. The van der Waals surface area contributed by atoms with Crippen LogP contribution in [0.2, 0.25) is 0 Å². The fourth-order valence-electron chi connectivity index (χ4n) is 1.50. The second-order valence-electron chi connectivity index (χ2n) is 4.49. The van der Waals surface area contributed by atoms with Crippen molar-refractivity contribution < 1.29 is 13.9 Å². The van der Waals surface area contributed by atoms with Crippen LogP contribution in [-0.2, 0) is 11.3 Å². The number of carbonyl (C=O) groups is 1. The first kappa shape index (κ1) is 15.9. The summed E-state index contributed by atoms with van der Waals surface area (Å²) >= 11 is 0. The molecule has 0 aliphatic heterocycles. The number of benzene rings is 1. The number of rotatable bonds is 7. The second kappa shape index (κ2) is 8.12. The Morgan fingerprint density at radius 2 is 2.25 bits per heavy atom. The van der Waals surface area contributed by atoms with Gasteiger partial charge in [-0.05, 0) is 6.07 Å². The molecule has 5 nitrogen and oxygen atoms in total. The Morgan fingerprint density at radius 3 is 2.90 bits per heavy atom. The fourth-order valence-corrected chi connectivity index (χ4v) is 1.50. The van der Waals surface area contributed by atoms with E-state index in [1.807, 2.05) is 13.8 Å². The maximum atomic E-state index is 13.7. The number of para-hydroxylation sites is 1. The van der Waals surface area contributed by atoms with Crippen molar-refractivity contribution in [2.75, 3.05) is 13.2 Å². The van der Waals surface area contributed by atoms with E-state index >= 15 is 0 Å². The molecule has 20 heavy (non-hydrogen) atoms. The first-order valence-electron chi connectivity index (χ1n) is 6.31. The molecule has 0 atom stereocenters. The summed E-state index contributed by atoms with van der Waals surface area (Å²) in [4.78, 5) is 11.3. The van der Waals surface area contributed by atoms with Gasteiger partial charge in [0.25, 0.3) is 5.91 Å². The summed E-state index contributed by atoms with van der Waals surface area (Å²) in [6, 6.07) is 6.64. The van der Waals surface area contributed by atoms with E-state index in [0.29, 0.717) is 12.1 Å². The number of hydrogen-bond acceptors (Lipinski definition) is 4. The molecule has 0 aliphatic rings. The van der Waals surface area contributed by atoms with Crippen molar-refractivity contribution in [3.05, 3.63) is 29.6 Å². The average Bonchev–Trinajstić information content (AvgIpc) is 2.41. The molecule has 0 bridgehead atoms. The van der Waals surface area contributed by atoms with Gasteiger partial charge in [0.05, 0.1) is 6.07 Å². The summed E-state index contributed by atoms with van der Waals surface area (Å²) < 4.78 is 19.0. The normalized spacial score (nSPS) is 10.2. The van der Waals surface area contributed by atoms with E-state index in [-0.39, 0.29) is 24.9 Å². The number of nitrogens with zero attached hydrogens (tertiary/aromatic N) is 1. The molecule has 0 saturated carbocycles. The molecule has 0 heterocycles. The van der Waals surface area contributed by atoms with E-state index in [4.69, 9.17) is 10.00 Å². The Labute approximate surface area is 117 Å². The molecule has 1 rings (SSSR count). The van der Waals surface area contributed by atoms with Gasteiger partial charge >= 0.3 is 0 Å². The lowest BCUT2D eigenvalue weighted by Gasteiger charge is -2.14. The molecule has 6 heteroatoms. The van der Waals surface area contributed by atoms with Crippen molar-refractivity contribution in [3.8, 4) is 11.8 Å². The number of carbonyl (C=O) groups excluding carboxylic acids is 1. The third-order valence-electron chi connectivity index (χ3n) is 2.46. The number of halogens is 1. The molecule has 0 aromatic heterocycles. The van der Waals surface area contributed by atoms with Gasteiger partial charge in [0.15, 0.2) is 18.2 Å². The van der Waals surface area contributed by atoms with E-state index in [1.165, 1.54) is 6.07 Å². The molecule has 0 radical (unpaired) electrons. The molecule has 0 fully saturated rings. The van der Waals surface area contributed by atoms with Crippen LogP contribution < -0.4 is 15.4 Å². The lowest BCUT2D eigenvalue weighted by atomic mass is 10.2. The SMILES string of the molecule is CC(C)NCc1cccc(F)c1OCC(=O)NCC#N. The highest BCUT2D eigenvalue weighted by Gasteiger charge is 2.12. The van der Waals surface area contributed by atoms with E-state index < -0.39 is 11.7 Å². The van der Waals surface area contributed by atoms with Crippen molar-refractivity contribution in [1.29, 1.82) is 5.26 Å². The number of hydrogen-bond donors (Lipinski definition) is 2. The average molecular weight is 279 g/mol. The molecule has 1 aromatic carbocycles. The topological polar surface area (TPSA) is 74.2 Å². The number of nitriles is 1.